The zero-order valence-electron chi connectivity index (χ0n) is 20.4. The number of aromatic nitrogens is 2. The van der Waals surface area contributed by atoms with Gasteiger partial charge in [0.15, 0.2) is 5.78 Å². The van der Waals surface area contributed by atoms with Crippen molar-refractivity contribution in [2.24, 2.45) is 7.05 Å². The van der Waals surface area contributed by atoms with Crippen molar-refractivity contribution in [2.45, 2.75) is 50.6 Å². The van der Waals surface area contributed by atoms with E-state index < -0.39 is 33.4 Å². The summed E-state index contributed by atoms with van der Waals surface area (Å²) in [4.78, 5) is 41.2. The maximum Gasteiger partial charge on any atom is 0.331 e. The molecule has 0 saturated heterocycles. The van der Waals surface area contributed by atoms with Crippen LogP contribution in [0.1, 0.15) is 44.0 Å². The lowest BCUT2D eigenvalue weighted by Crippen LogP contribution is -2.41. The number of sulfonamides is 1. The molecule has 0 aliphatic heterocycles. The Balaban J connectivity index is 1.70. The van der Waals surface area contributed by atoms with E-state index in [1.54, 1.807) is 12.1 Å². The fourth-order valence-corrected chi connectivity index (χ4v) is 5.65. The number of ketones is 1. The molecule has 0 amide bonds. The van der Waals surface area contributed by atoms with Gasteiger partial charge in [-0.1, -0.05) is 0 Å². The summed E-state index contributed by atoms with van der Waals surface area (Å²) in [7, 11) is -2.35. The first-order chi connectivity index (χ1) is 16.5. The minimum absolute atomic E-state index is 0.0561. The lowest BCUT2D eigenvalue weighted by molar-refractivity contribution is 0.0969. The summed E-state index contributed by atoms with van der Waals surface area (Å²) in [6, 6.07) is 11.1. The Morgan fingerprint density at radius 1 is 1.06 bits per heavy atom. The van der Waals surface area contributed by atoms with E-state index in [0.29, 0.717) is 11.1 Å². The predicted molar refractivity (Wildman–Crippen MR) is 136 cm³/mol. The van der Waals surface area contributed by atoms with Crippen LogP contribution in [0.3, 0.4) is 0 Å². The number of carbonyl (C=O) groups is 1. The monoisotopic (exact) mass is 498 g/mol. The van der Waals surface area contributed by atoms with E-state index in [0.717, 1.165) is 36.2 Å². The van der Waals surface area contributed by atoms with Crippen LogP contribution in [-0.2, 0) is 23.6 Å². The quantitative estimate of drug-likeness (QED) is 0.453. The van der Waals surface area contributed by atoms with E-state index in [4.69, 9.17) is 0 Å². The molecule has 10 heteroatoms. The van der Waals surface area contributed by atoms with Crippen molar-refractivity contribution in [3.05, 3.63) is 68.9 Å². The van der Waals surface area contributed by atoms with E-state index in [1.165, 1.54) is 29.8 Å². The molecule has 1 heterocycles. The molecule has 1 aliphatic carbocycles. The number of carbonyl (C=O) groups excluding carboxylic acids is 1. The van der Waals surface area contributed by atoms with Crippen LogP contribution in [-0.4, -0.2) is 42.0 Å². The van der Waals surface area contributed by atoms with Crippen molar-refractivity contribution in [2.75, 3.05) is 18.0 Å². The van der Waals surface area contributed by atoms with Gasteiger partial charge in [-0.15, -0.1) is 0 Å². The molecule has 3 aromatic rings. The van der Waals surface area contributed by atoms with Crippen molar-refractivity contribution in [1.82, 2.24) is 13.9 Å². The van der Waals surface area contributed by atoms with Crippen molar-refractivity contribution < 1.29 is 13.2 Å². The summed E-state index contributed by atoms with van der Waals surface area (Å²) in [6.45, 7) is 7.13. The minimum Gasteiger partial charge on any atom is -0.372 e. The molecule has 35 heavy (non-hydrogen) atoms. The van der Waals surface area contributed by atoms with Crippen molar-refractivity contribution >= 4 is 32.4 Å². The van der Waals surface area contributed by atoms with E-state index in [-0.39, 0.29) is 16.1 Å². The zero-order chi connectivity index (χ0) is 25.5. The highest BCUT2D eigenvalue weighted by molar-refractivity contribution is 7.89. The lowest BCUT2D eigenvalue weighted by Gasteiger charge is -2.21. The molecule has 0 atom stereocenters. The van der Waals surface area contributed by atoms with Gasteiger partial charge in [-0.25, -0.2) is 17.9 Å². The fourth-order valence-electron chi connectivity index (χ4n) is 4.16. The third kappa shape index (κ3) is 4.81. The number of Topliss-reactive ketones (excluding diaryl/α,β-unsaturated/α-hetero) is 1. The Bertz CT molecular complexity index is 1510. The van der Waals surface area contributed by atoms with Crippen LogP contribution in [0, 0.1) is 0 Å². The number of benzene rings is 2. The van der Waals surface area contributed by atoms with Crippen LogP contribution >= 0.6 is 0 Å². The predicted octanol–water partition coefficient (Wildman–Crippen LogP) is 2.26. The molecule has 186 valence electrons. The summed E-state index contributed by atoms with van der Waals surface area (Å²) >= 11 is 0. The van der Waals surface area contributed by atoms with Gasteiger partial charge in [0.25, 0.3) is 5.56 Å². The first kappa shape index (κ1) is 24.9. The summed E-state index contributed by atoms with van der Waals surface area (Å²) in [5, 5.41) is 0.0561. The number of nitrogens with one attached hydrogen (secondary N) is 1. The van der Waals surface area contributed by atoms with Gasteiger partial charge in [0.05, 0.1) is 22.3 Å². The zero-order valence-corrected chi connectivity index (χ0v) is 21.2. The summed E-state index contributed by atoms with van der Waals surface area (Å²) in [5.74, 6) is -0.387. The number of anilines is 1. The molecular weight excluding hydrogens is 468 g/mol. The van der Waals surface area contributed by atoms with Gasteiger partial charge < -0.3 is 4.90 Å². The second-order valence-electron chi connectivity index (χ2n) is 9.22. The Kier molecular flexibility index (Phi) is 6.46. The van der Waals surface area contributed by atoms with Crippen LogP contribution in [0.25, 0.3) is 10.9 Å². The molecule has 1 N–H and O–H groups in total. The molecule has 4 rings (SSSR count). The first-order valence-corrected chi connectivity index (χ1v) is 13.1. The normalized spacial score (nSPS) is 14.7. The molecule has 1 saturated carbocycles. The third-order valence-electron chi connectivity index (χ3n) is 6.63. The van der Waals surface area contributed by atoms with Crippen LogP contribution in [0.15, 0.2) is 56.9 Å². The fraction of sp³-hybridized carbons (Fsp3) is 0.400. The van der Waals surface area contributed by atoms with Gasteiger partial charge >= 0.3 is 5.69 Å². The Hall–Kier alpha value is -3.24. The molecule has 2 aromatic carbocycles. The molecule has 0 spiro atoms. The molecule has 0 unspecified atom stereocenters. The lowest BCUT2D eigenvalue weighted by atomic mass is 10.1. The third-order valence-corrected chi connectivity index (χ3v) is 8.27. The van der Waals surface area contributed by atoms with E-state index in [2.05, 4.69) is 9.62 Å². The Morgan fingerprint density at radius 2 is 1.69 bits per heavy atom. The summed E-state index contributed by atoms with van der Waals surface area (Å²) < 4.78 is 30.4. The van der Waals surface area contributed by atoms with Gasteiger partial charge in [0.1, 0.15) is 0 Å². The highest BCUT2D eigenvalue weighted by atomic mass is 32.2. The van der Waals surface area contributed by atoms with Gasteiger partial charge in [-0.05, 0) is 76.1 Å². The largest absolute Gasteiger partial charge is 0.372 e. The van der Waals surface area contributed by atoms with E-state index in [1.807, 2.05) is 32.9 Å². The van der Waals surface area contributed by atoms with Crippen LogP contribution in [0.4, 0.5) is 5.69 Å². The van der Waals surface area contributed by atoms with Crippen molar-refractivity contribution in [1.29, 1.82) is 0 Å². The van der Waals surface area contributed by atoms with Crippen LogP contribution in [0.2, 0.25) is 0 Å². The molecule has 1 fully saturated rings. The second kappa shape index (κ2) is 9.09. The number of nitrogens with zero attached hydrogens (tertiary/aromatic N) is 3. The number of hydrogen-bond donors (Lipinski definition) is 1. The topological polar surface area (TPSA) is 110 Å². The van der Waals surface area contributed by atoms with Crippen LogP contribution in [0.5, 0.6) is 0 Å². The first-order valence-electron chi connectivity index (χ1n) is 11.7. The molecule has 1 aliphatic rings. The number of fused-ring (bicyclic) bond motifs is 1. The van der Waals surface area contributed by atoms with Gasteiger partial charge in [0, 0.05) is 36.9 Å². The Labute approximate surface area is 204 Å². The molecule has 0 bridgehead atoms. The summed E-state index contributed by atoms with van der Waals surface area (Å²) in [6.07, 6.45) is 1.50. The molecule has 0 radical (unpaired) electrons. The summed E-state index contributed by atoms with van der Waals surface area (Å²) in [5.41, 5.74) is -0.157. The van der Waals surface area contributed by atoms with Gasteiger partial charge in [-0.3, -0.25) is 18.7 Å². The standard InChI is InChI=1S/C25H30N4O5S/c1-5-28(6-2)18-9-7-17(8-10-18)22(30)16-29-23(31)20-15-19(11-12-21(20)27(4)24(29)32)35(33,34)26-25(3)13-14-25/h7-12,15,26H,5-6,13-14,16H2,1-4H3. The number of aryl methyl sites for hydroxylation is 1. The molecule has 9 nitrogen and oxygen atoms in total. The maximum atomic E-state index is 13.2. The smallest absolute Gasteiger partial charge is 0.331 e. The van der Waals surface area contributed by atoms with Crippen molar-refractivity contribution in [3.63, 3.8) is 0 Å². The average Bonchev–Trinajstić information content (AvgIpc) is 3.56. The van der Waals surface area contributed by atoms with Crippen LogP contribution < -0.4 is 20.9 Å². The molecular formula is C25H30N4O5S. The minimum atomic E-state index is -3.84. The number of hydrogen-bond acceptors (Lipinski definition) is 6. The highest BCUT2D eigenvalue weighted by Crippen LogP contribution is 2.36. The molecule has 1 aromatic heterocycles. The maximum absolute atomic E-state index is 13.2. The van der Waals surface area contributed by atoms with Gasteiger partial charge in [0.2, 0.25) is 10.0 Å². The second-order valence-corrected chi connectivity index (χ2v) is 10.9. The van der Waals surface area contributed by atoms with E-state index >= 15 is 0 Å². The Morgan fingerprint density at radius 3 is 2.26 bits per heavy atom. The average molecular weight is 499 g/mol. The number of rotatable bonds is 9. The highest BCUT2D eigenvalue weighted by Gasteiger charge is 2.41. The SMILES string of the molecule is CCN(CC)c1ccc(C(=O)Cn2c(=O)c3cc(S(=O)(=O)NC4(C)CC4)ccc3n(C)c2=O)cc1. The van der Waals surface area contributed by atoms with Gasteiger partial charge in [-0.2, -0.15) is 0 Å². The van der Waals surface area contributed by atoms with E-state index in [9.17, 15) is 22.8 Å². The van der Waals surface area contributed by atoms with Crippen molar-refractivity contribution in [3.8, 4) is 0 Å².